The lowest BCUT2D eigenvalue weighted by Crippen LogP contribution is -2.12. The predicted octanol–water partition coefficient (Wildman–Crippen LogP) is 4.54. The van der Waals surface area contributed by atoms with Crippen LogP contribution in [0.25, 0.3) is 5.57 Å². The van der Waals surface area contributed by atoms with E-state index in [0.717, 1.165) is 5.56 Å². The number of allylic oxidation sites excluding steroid dienone is 4. The quantitative estimate of drug-likeness (QED) is 0.748. The van der Waals surface area contributed by atoms with Crippen molar-refractivity contribution in [3.8, 4) is 5.75 Å². The maximum absolute atomic E-state index is 10.0. The van der Waals surface area contributed by atoms with E-state index >= 15 is 0 Å². The number of hydrogen-bond acceptors (Lipinski definition) is 1. The Labute approximate surface area is 103 Å². The lowest BCUT2D eigenvalue weighted by Gasteiger charge is -2.26. The van der Waals surface area contributed by atoms with E-state index < -0.39 is 0 Å². The van der Waals surface area contributed by atoms with Crippen molar-refractivity contribution >= 4 is 5.57 Å². The van der Waals surface area contributed by atoms with Crippen LogP contribution in [0.3, 0.4) is 0 Å². The van der Waals surface area contributed by atoms with E-state index in [9.17, 15) is 5.11 Å². The molecular weight excluding hydrogens is 208 g/mol. The first-order valence-corrected chi connectivity index (χ1v) is 6.05. The van der Waals surface area contributed by atoms with Gasteiger partial charge in [-0.05, 0) is 43.6 Å². The van der Waals surface area contributed by atoms with E-state index in [-0.39, 0.29) is 5.41 Å². The summed E-state index contributed by atoms with van der Waals surface area (Å²) in [7, 11) is 0. The number of rotatable bonds is 1. The van der Waals surface area contributed by atoms with Crippen LogP contribution in [-0.4, -0.2) is 5.11 Å². The Balaban J connectivity index is 2.67. The summed E-state index contributed by atoms with van der Waals surface area (Å²) in [5, 5.41) is 10.0. The largest absolute Gasteiger partial charge is 0.507 e. The van der Waals surface area contributed by atoms with Gasteiger partial charge in [-0.3, -0.25) is 0 Å². The van der Waals surface area contributed by atoms with Gasteiger partial charge in [0, 0.05) is 11.0 Å². The van der Waals surface area contributed by atoms with Gasteiger partial charge in [0.2, 0.25) is 0 Å². The van der Waals surface area contributed by atoms with Gasteiger partial charge < -0.3 is 5.11 Å². The number of phenolic OH excluding ortho intramolecular Hbond substituents is 1. The van der Waals surface area contributed by atoms with E-state index in [1.165, 1.54) is 22.3 Å². The summed E-state index contributed by atoms with van der Waals surface area (Å²) in [5.41, 5.74) is 6.28. The van der Waals surface area contributed by atoms with Gasteiger partial charge >= 0.3 is 0 Å². The summed E-state index contributed by atoms with van der Waals surface area (Å²) in [6, 6.07) is 7.61. The molecule has 1 heteroatoms. The van der Waals surface area contributed by atoms with Crippen molar-refractivity contribution < 1.29 is 5.11 Å². The first-order valence-electron chi connectivity index (χ1n) is 6.05. The summed E-state index contributed by atoms with van der Waals surface area (Å²) < 4.78 is 0. The van der Waals surface area contributed by atoms with Crippen molar-refractivity contribution in [1.82, 2.24) is 0 Å². The Morgan fingerprint density at radius 1 is 0.941 bits per heavy atom. The van der Waals surface area contributed by atoms with Gasteiger partial charge in [-0.15, -0.1) is 0 Å². The van der Waals surface area contributed by atoms with Crippen LogP contribution >= 0.6 is 0 Å². The Kier molecular flexibility index (Phi) is 2.65. The summed E-state index contributed by atoms with van der Waals surface area (Å²) in [6.07, 6.45) is 0. The monoisotopic (exact) mass is 228 g/mol. The number of phenols is 1. The molecule has 0 spiro atoms. The Morgan fingerprint density at radius 3 is 2.00 bits per heavy atom. The molecule has 0 aliphatic heterocycles. The molecule has 1 N–H and O–H groups in total. The maximum Gasteiger partial charge on any atom is 0.123 e. The van der Waals surface area contributed by atoms with Crippen molar-refractivity contribution in [3.05, 3.63) is 46.5 Å². The molecule has 0 atom stereocenters. The molecule has 0 saturated heterocycles. The van der Waals surface area contributed by atoms with E-state index in [1.807, 2.05) is 18.2 Å². The van der Waals surface area contributed by atoms with Crippen molar-refractivity contribution in [2.24, 2.45) is 5.41 Å². The summed E-state index contributed by atoms with van der Waals surface area (Å²) >= 11 is 0. The van der Waals surface area contributed by atoms with Gasteiger partial charge in [-0.1, -0.05) is 37.6 Å². The zero-order chi connectivity index (χ0) is 12.8. The molecule has 1 aromatic rings. The molecule has 0 aromatic heterocycles. The molecule has 1 aliphatic carbocycles. The van der Waals surface area contributed by atoms with E-state index in [4.69, 9.17) is 0 Å². The van der Waals surface area contributed by atoms with Crippen LogP contribution in [0.4, 0.5) is 0 Å². The zero-order valence-corrected chi connectivity index (χ0v) is 11.3. The zero-order valence-electron chi connectivity index (χ0n) is 11.3. The average molecular weight is 228 g/mol. The van der Waals surface area contributed by atoms with Gasteiger partial charge in [0.15, 0.2) is 0 Å². The van der Waals surface area contributed by atoms with Crippen LogP contribution in [-0.2, 0) is 0 Å². The van der Waals surface area contributed by atoms with E-state index in [1.54, 1.807) is 6.07 Å². The minimum absolute atomic E-state index is 0.00694. The molecule has 0 bridgehead atoms. The molecule has 17 heavy (non-hydrogen) atoms. The number of benzene rings is 1. The molecule has 1 aliphatic rings. The second-order valence-electron chi connectivity index (χ2n) is 5.39. The fourth-order valence-corrected chi connectivity index (χ4v) is 2.82. The van der Waals surface area contributed by atoms with Crippen molar-refractivity contribution in [2.75, 3.05) is 0 Å². The summed E-state index contributed by atoms with van der Waals surface area (Å²) in [6.45, 7) is 11.0. The molecule has 0 heterocycles. The predicted molar refractivity (Wildman–Crippen MR) is 72.9 cm³/mol. The molecule has 0 fully saturated rings. The normalized spacial score (nSPS) is 19.1. The second kappa shape index (κ2) is 3.76. The van der Waals surface area contributed by atoms with E-state index in [0.29, 0.717) is 5.75 Å². The number of para-hydroxylation sites is 1. The molecule has 0 saturated carbocycles. The van der Waals surface area contributed by atoms with Crippen LogP contribution in [0.5, 0.6) is 5.75 Å². The van der Waals surface area contributed by atoms with Crippen molar-refractivity contribution in [2.45, 2.75) is 34.6 Å². The number of aromatic hydroxyl groups is 1. The van der Waals surface area contributed by atoms with Crippen LogP contribution in [0, 0.1) is 5.41 Å². The summed E-state index contributed by atoms with van der Waals surface area (Å²) in [5.74, 6) is 0.373. The minimum Gasteiger partial charge on any atom is -0.507 e. The third-order valence-electron chi connectivity index (χ3n) is 4.24. The van der Waals surface area contributed by atoms with Gasteiger partial charge in [0.05, 0.1) is 0 Å². The Morgan fingerprint density at radius 2 is 1.53 bits per heavy atom. The number of hydrogen-bond donors (Lipinski definition) is 1. The highest BCUT2D eigenvalue weighted by Gasteiger charge is 2.35. The topological polar surface area (TPSA) is 20.2 Å². The van der Waals surface area contributed by atoms with Gasteiger partial charge in [0.25, 0.3) is 0 Å². The highest BCUT2D eigenvalue weighted by atomic mass is 16.3. The molecule has 0 unspecified atom stereocenters. The maximum atomic E-state index is 10.0. The molecule has 1 aromatic carbocycles. The lowest BCUT2D eigenvalue weighted by atomic mass is 9.77. The third-order valence-corrected chi connectivity index (χ3v) is 4.24. The second-order valence-corrected chi connectivity index (χ2v) is 5.39. The smallest absolute Gasteiger partial charge is 0.123 e. The summed E-state index contributed by atoms with van der Waals surface area (Å²) in [4.78, 5) is 0. The van der Waals surface area contributed by atoms with Crippen LogP contribution in [0.2, 0.25) is 0 Å². The van der Waals surface area contributed by atoms with Gasteiger partial charge in [0.1, 0.15) is 5.75 Å². The molecule has 2 rings (SSSR count). The van der Waals surface area contributed by atoms with Gasteiger partial charge in [-0.25, -0.2) is 0 Å². The average Bonchev–Trinajstić information content (AvgIpc) is 2.42. The highest BCUT2D eigenvalue weighted by molar-refractivity contribution is 5.84. The van der Waals surface area contributed by atoms with Crippen molar-refractivity contribution in [1.29, 1.82) is 0 Å². The standard InChI is InChI=1S/C16H20O/c1-10-11(2)15(16(4,5)12(10)3)13-8-6-7-9-14(13)17/h6-9,17H,1-5H3. The molecule has 0 radical (unpaired) electrons. The van der Waals surface area contributed by atoms with Crippen LogP contribution in [0.1, 0.15) is 40.2 Å². The fourth-order valence-electron chi connectivity index (χ4n) is 2.82. The first-order chi connectivity index (χ1) is 7.87. The Bertz CT molecular complexity index is 530. The molecule has 90 valence electrons. The van der Waals surface area contributed by atoms with Crippen LogP contribution < -0.4 is 0 Å². The molecule has 1 nitrogen and oxygen atoms in total. The van der Waals surface area contributed by atoms with Gasteiger partial charge in [-0.2, -0.15) is 0 Å². The van der Waals surface area contributed by atoms with Crippen molar-refractivity contribution in [3.63, 3.8) is 0 Å². The van der Waals surface area contributed by atoms with Crippen LogP contribution in [0.15, 0.2) is 41.0 Å². The minimum atomic E-state index is 0.00694. The fraction of sp³-hybridized carbons (Fsp3) is 0.375. The SMILES string of the molecule is CC1=C(C)C(C)(C)C(c2ccccc2O)=C1C. The Hall–Kier alpha value is -1.50. The first kappa shape index (κ1) is 12.0. The molecule has 0 amide bonds. The van der Waals surface area contributed by atoms with E-state index in [2.05, 4.69) is 34.6 Å². The molecular formula is C16H20O. The lowest BCUT2D eigenvalue weighted by molar-refractivity contribution is 0.471. The highest BCUT2D eigenvalue weighted by Crippen LogP contribution is 2.52. The third kappa shape index (κ3) is 1.61.